The molecule has 1 aliphatic carbocycles. The summed E-state index contributed by atoms with van der Waals surface area (Å²) in [5.41, 5.74) is 0.577. The van der Waals surface area contributed by atoms with Crippen LogP contribution in [-0.4, -0.2) is 12.6 Å². The minimum absolute atomic E-state index is 0.137. The highest BCUT2D eigenvalue weighted by atomic mass is 35.5. The second kappa shape index (κ2) is 6.03. The third-order valence-electron chi connectivity index (χ3n) is 4.59. The molecule has 2 rings (SSSR count). The Bertz CT molecular complexity index is 438. The fraction of sp³-hybridized carbons (Fsp3) is 0.647. The quantitative estimate of drug-likeness (QED) is 0.824. The van der Waals surface area contributed by atoms with Gasteiger partial charge in [0.1, 0.15) is 5.82 Å². The van der Waals surface area contributed by atoms with Crippen molar-refractivity contribution in [3.8, 4) is 0 Å². The molecule has 112 valence electrons. The van der Waals surface area contributed by atoms with Crippen molar-refractivity contribution in [2.45, 2.75) is 52.0 Å². The van der Waals surface area contributed by atoms with Crippen LogP contribution in [0.2, 0.25) is 5.02 Å². The monoisotopic (exact) mass is 297 g/mol. The fourth-order valence-corrected chi connectivity index (χ4v) is 3.62. The highest BCUT2D eigenvalue weighted by Gasteiger charge is 2.48. The average molecular weight is 298 g/mol. The molecule has 1 nitrogen and oxygen atoms in total. The molecule has 1 fully saturated rings. The van der Waals surface area contributed by atoms with Gasteiger partial charge in [0.25, 0.3) is 0 Å². The summed E-state index contributed by atoms with van der Waals surface area (Å²) in [5.74, 6) is 1.15. The van der Waals surface area contributed by atoms with Gasteiger partial charge in [-0.2, -0.15) is 0 Å². The van der Waals surface area contributed by atoms with Gasteiger partial charge in [-0.1, -0.05) is 45.4 Å². The Morgan fingerprint density at radius 3 is 2.45 bits per heavy atom. The second-order valence-corrected chi connectivity index (χ2v) is 7.23. The van der Waals surface area contributed by atoms with Gasteiger partial charge in [0.2, 0.25) is 0 Å². The van der Waals surface area contributed by atoms with Gasteiger partial charge < -0.3 is 5.32 Å². The molecule has 0 amide bonds. The molecule has 0 aliphatic heterocycles. The lowest BCUT2D eigenvalue weighted by Crippen LogP contribution is -2.51. The number of nitrogens with one attached hydrogen (secondary N) is 1. The molecule has 0 heterocycles. The summed E-state index contributed by atoms with van der Waals surface area (Å²) in [6.07, 6.45) is 2.04. The Kier molecular flexibility index (Phi) is 4.76. The molecule has 0 unspecified atom stereocenters. The first-order chi connectivity index (χ1) is 9.35. The standard InChI is InChI=1S/C17H25ClFN/c1-11(2)13-8-17(9-13,10-20-12(3)4)16-14(18)6-5-7-15(16)19/h5-7,11-13,20H,8-10H2,1-4H3. The van der Waals surface area contributed by atoms with E-state index in [1.165, 1.54) is 6.07 Å². The summed E-state index contributed by atoms with van der Waals surface area (Å²) in [5, 5.41) is 4.04. The van der Waals surface area contributed by atoms with Crippen LogP contribution in [0.15, 0.2) is 18.2 Å². The summed E-state index contributed by atoms with van der Waals surface area (Å²) < 4.78 is 14.3. The van der Waals surface area contributed by atoms with E-state index >= 15 is 0 Å². The van der Waals surface area contributed by atoms with Crippen LogP contribution < -0.4 is 5.32 Å². The van der Waals surface area contributed by atoms with Crippen molar-refractivity contribution in [2.75, 3.05) is 6.54 Å². The summed E-state index contributed by atoms with van der Waals surface area (Å²) in [4.78, 5) is 0. The maximum absolute atomic E-state index is 14.3. The first-order valence-electron chi connectivity index (χ1n) is 7.53. The van der Waals surface area contributed by atoms with E-state index in [9.17, 15) is 4.39 Å². The maximum atomic E-state index is 14.3. The van der Waals surface area contributed by atoms with Crippen molar-refractivity contribution >= 4 is 11.6 Å². The summed E-state index contributed by atoms with van der Waals surface area (Å²) >= 11 is 6.30. The van der Waals surface area contributed by atoms with Crippen molar-refractivity contribution in [3.63, 3.8) is 0 Å². The van der Waals surface area contributed by atoms with Crippen LogP contribution in [0.3, 0.4) is 0 Å². The second-order valence-electron chi connectivity index (χ2n) is 6.82. The SMILES string of the molecule is CC(C)NCC1(c2c(F)cccc2Cl)CC(C(C)C)C1. The van der Waals surface area contributed by atoms with Gasteiger partial charge in [-0.05, 0) is 36.8 Å². The van der Waals surface area contributed by atoms with Gasteiger partial charge in [-0.25, -0.2) is 4.39 Å². The molecule has 0 spiro atoms. The predicted molar refractivity (Wildman–Crippen MR) is 83.8 cm³/mol. The van der Waals surface area contributed by atoms with Gasteiger partial charge in [0.15, 0.2) is 0 Å². The van der Waals surface area contributed by atoms with Gasteiger partial charge in [-0.15, -0.1) is 0 Å². The van der Waals surface area contributed by atoms with Gasteiger partial charge in [-0.3, -0.25) is 0 Å². The molecule has 20 heavy (non-hydrogen) atoms. The molecule has 0 atom stereocenters. The van der Waals surface area contributed by atoms with E-state index in [0.29, 0.717) is 28.5 Å². The lowest BCUT2D eigenvalue weighted by Gasteiger charge is -2.51. The highest BCUT2D eigenvalue weighted by Crippen LogP contribution is 2.52. The van der Waals surface area contributed by atoms with E-state index in [4.69, 9.17) is 11.6 Å². The van der Waals surface area contributed by atoms with E-state index < -0.39 is 0 Å². The lowest BCUT2D eigenvalue weighted by molar-refractivity contribution is 0.0927. The van der Waals surface area contributed by atoms with Crippen molar-refractivity contribution in [1.82, 2.24) is 5.32 Å². The molecular formula is C17H25ClFN. The maximum Gasteiger partial charge on any atom is 0.128 e. The van der Waals surface area contributed by atoms with Crippen LogP contribution >= 0.6 is 11.6 Å². The van der Waals surface area contributed by atoms with Crippen LogP contribution in [0.4, 0.5) is 4.39 Å². The Morgan fingerprint density at radius 1 is 1.30 bits per heavy atom. The van der Waals surface area contributed by atoms with E-state index in [1.807, 2.05) is 0 Å². The first-order valence-corrected chi connectivity index (χ1v) is 7.91. The van der Waals surface area contributed by atoms with Gasteiger partial charge >= 0.3 is 0 Å². The average Bonchev–Trinajstić information content (AvgIpc) is 2.29. The molecule has 0 saturated heterocycles. The Labute approximate surface area is 126 Å². The Hall–Kier alpha value is -0.600. The van der Waals surface area contributed by atoms with Crippen LogP contribution in [0.5, 0.6) is 0 Å². The smallest absolute Gasteiger partial charge is 0.128 e. The molecule has 1 aliphatic rings. The van der Waals surface area contributed by atoms with Crippen LogP contribution in [-0.2, 0) is 5.41 Å². The largest absolute Gasteiger partial charge is 0.314 e. The predicted octanol–water partition coefficient (Wildman–Crippen LogP) is 4.78. The fourth-order valence-electron chi connectivity index (χ4n) is 3.26. The van der Waals surface area contributed by atoms with E-state index in [2.05, 4.69) is 33.0 Å². The van der Waals surface area contributed by atoms with Crippen molar-refractivity contribution in [3.05, 3.63) is 34.6 Å². The summed E-state index contributed by atoms with van der Waals surface area (Å²) in [7, 11) is 0. The summed E-state index contributed by atoms with van der Waals surface area (Å²) in [6, 6.07) is 5.42. The minimum Gasteiger partial charge on any atom is -0.314 e. The number of hydrogen-bond donors (Lipinski definition) is 1. The molecule has 1 saturated carbocycles. The summed E-state index contributed by atoms with van der Waals surface area (Å²) in [6.45, 7) is 9.53. The number of rotatable bonds is 5. The van der Waals surface area contributed by atoms with Gasteiger partial charge in [0.05, 0.1) is 0 Å². The van der Waals surface area contributed by atoms with Crippen molar-refractivity contribution in [1.29, 1.82) is 0 Å². The third kappa shape index (κ3) is 3.01. The zero-order valence-corrected chi connectivity index (χ0v) is 13.6. The molecule has 0 radical (unpaired) electrons. The van der Waals surface area contributed by atoms with E-state index in [1.54, 1.807) is 12.1 Å². The minimum atomic E-state index is -0.162. The molecule has 1 aromatic rings. The van der Waals surface area contributed by atoms with Crippen LogP contribution in [0, 0.1) is 17.7 Å². The molecular weight excluding hydrogens is 273 g/mol. The highest BCUT2D eigenvalue weighted by molar-refractivity contribution is 6.31. The molecule has 0 bridgehead atoms. The van der Waals surface area contributed by atoms with Crippen molar-refractivity contribution in [2.24, 2.45) is 11.8 Å². The van der Waals surface area contributed by atoms with E-state index in [-0.39, 0.29) is 11.2 Å². The Balaban J connectivity index is 2.29. The molecule has 3 heteroatoms. The molecule has 0 aromatic heterocycles. The third-order valence-corrected chi connectivity index (χ3v) is 4.91. The van der Waals surface area contributed by atoms with Crippen molar-refractivity contribution < 1.29 is 4.39 Å². The van der Waals surface area contributed by atoms with E-state index in [0.717, 1.165) is 19.4 Å². The van der Waals surface area contributed by atoms with Gasteiger partial charge in [0, 0.05) is 28.6 Å². The normalized spacial score (nSPS) is 26.1. The van der Waals surface area contributed by atoms with Crippen LogP contribution in [0.25, 0.3) is 0 Å². The van der Waals surface area contributed by atoms with Crippen LogP contribution in [0.1, 0.15) is 46.1 Å². The number of benzene rings is 1. The zero-order valence-electron chi connectivity index (χ0n) is 12.8. The topological polar surface area (TPSA) is 12.0 Å². The lowest BCUT2D eigenvalue weighted by atomic mass is 9.55. The Morgan fingerprint density at radius 2 is 1.95 bits per heavy atom. The number of hydrogen-bond acceptors (Lipinski definition) is 1. The number of halogens is 2. The first kappa shape index (κ1) is 15.8. The molecule has 1 N–H and O–H groups in total. The zero-order chi connectivity index (χ0) is 14.9. The molecule has 1 aromatic carbocycles.